The number of hydrogen-bond donors (Lipinski definition) is 3. The van der Waals surface area contributed by atoms with Crippen molar-refractivity contribution < 1.29 is 18.3 Å². The van der Waals surface area contributed by atoms with Crippen LogP contribution in [0.2, 0.25) is 0 Å². The second-order valence-electron chi connectivity index (χ2n) is 4.49. The summed E-state index contributed by atoms with van der Waals surface area (Å²) in [4.78, 5) is 14.2. The van der Waals surface area contributed by atoms with Crippen molar-refractivity contribution in [3.05, 3.63) is 36.0 Å². The minimum atomic E-state index is -3.93. The van der Waals surface area contributed by atoms with Crippen molar-refractivity contribution in [1.82, 2.24) is 9.71 Å². The number of H-pyrrole nitrogens is 1. The maximum absolute atomic E-state index is 11.5. The van der Waals surface area contributed by atoms with Gasteiger partial charge in [-0.1, -0.05) is 18.2 Å². The van der Waals surface area contributed by atoms with E-state index in [1.807, 2.05) is 29.0 Å². The Morgan fingerprint density at radius 3 is 2.81 bits per heavy atom. The number of carbonyl (C=O) groups is 1. The molecule has 1 atom stereocenters. The minimum Gasteiger partial charge on any atom is -0.480 e. The molecule has 0 saturated heterocycles. The number of carboxylic acids is 1. The number of nitrogens with zero attached hydrogens (tertiary/aromatic N) is 1. The molecule has 21 heavy (non-hydrogen) atoms. The molecule has 1 heterocycles. The first-order valence-electron chi connectivity index (χ1n) is 6.07. The van der Waals surface area contributed by atoms with Gasteiger partial charge >= 0.3 is 5.97 Å². The number of aromatic nitrogens is 1. The van der Waals surface area contributed by atoms with Crippen LogP contribution in [0.3, 0.4) is 0 Å². The van der Waals surface area contributed by atoms with Crippen LogP contribution in [0, 0.1) is 11.3 Å². The van der Waals surface area contributed by atoms with Crippen molar-refractivity contribution in [1.29, 1.82) is 5.26 Å². The molecule has 0 aliphatic rings. The highest BCUT2D eigenvalue weighted by Gasteiger charge is 2.25. The summed E-state index contributed by atoms with van der Waals surface area (Å²) >= 11 is 0. The molecule has 0 spiro atoms. The Bertz CT molecular complexity index is 804. The highest BCUT2D eigenvalue weighted by molar-refractivity contribution is 7.89. The third-order valence-electron chi connectivity index (χ3n) is 2.97. The van der Waals surface area contributed by atoms with E-state index in [1.54, 1.807) is 6.20 Å². The van der Waals surface area contributed by atoms with Gasteiger partial charge in [0.05, 0.1) is 6.07 Å². The zero-order valence-corrected chi connectivity index (χ0v) is 11.7. The molecule has 1 aromatic heterocycles. The van der Waals surface area contributed by atoms with Crippen molar-refractivity contribution in [2.75, 3.05) is 5.75 Å². The van der Waals surface area contributed by atoms with Crippen LogP contribution in [0.15, 0.2) is 30.5 Å². The van der Waals surface area contributed by atoms with Gasteiger partial charge in [-0.05, 0) is 11.6 Å². The average Bonchev–Trinajstić information content (AvgIpc) is 2.81. The topological polar surface area (TPSA) is 123 Å². The number of benzene rings is 1. The first kappa shape index (κ1) is 15.0. The standard InChI is InChI=1S/C13H13N3O4S/c14-5-6-21(19,20)16-12(13(17)18)7-9-8-15-11-4-2-1-3-10(9)11/h1-4,8,12,15-16H,6-7H2,(H,17,18)/t12-/m1/s1. The van der Waals surface area contributed by atoms with Crippen LogP contribution in [0.1, 0.15) is 5.56 Å². The number of aromatic amines is 1. The quantitative estimate of drug-likeness (QED) is 0.721. The summed E-state index contributed by atoms with van der Waals surface area (Å²) in [6.07, 6.45) is 1.64. The molecular formula is C13H13N3O4S. The molecule has 7 nitrogen and oxygen atoms in total. The molecule has 0 bridgehead atoms. The molecular weight excluding hydrogens is 294 g/mol. The first-order chi connectivity index (χ1) is 9.93. The Morgan fingerprint density at radius 1 is 1.43 bits per heavy atom. The number of hydrogen-bond acceptors (Lipinski definition) is 4. The van der Waals surface area contributed by atoms with Crippen molar-refractivity contribution in [3.8, 4) is 6.07 Å². The second kappa shape index (κ2) is 5.95. The van der Waals surface area contributed by atoms with Crippen molar-refractivity contribution >= 4 is 26.9 Å². The van der Waals surface area contributed by atoms with E-state index < -0.39 is 27.8 Å². The Labute approximate surface area is 121 Å². The average molecular weight is 307 g/mol. The third kappa shape index (κ3) is 3.59. The van der Waals surface area contributed by atoms with Crippen LogP contribution in [0.25, 0.3) is 10.9 Å². The van der Waals surface area contributed by atoms with Gasteiger partial charge < -0.3 is 10.1 Å². The highest BCUT2D eigenvalue weighted by Crippen LogP contribution is 2.19. The molecule has 0 radical (unpaired) electrons. The normalized spacial score (nSPS) is 12.9. The number of nitrogens with one attached hydrogen (secondary N) is 2. The van der Waals surface area contributed by atoms with Gasteiger partial charge in [0.15, 0.2) is 5.75 Å². The maximum Gasteiger partial charge on any atom is 0.322 e. The number of para-hydroxylation sites is 1. The van der Waals surface area contributed by atoms with Crippen molar-refractivity contribution in [3.63, 3.8) is 0 Å². The van der Waals surface area contributed by atoms with E-state index in [1.165, 1.54) is 6.07 Å². The first-order valence-corrected chi connectivity index (χ1v) is 7.73. The van der Waals surface area contributed by atoms with Crippen LogP contribution in [-0.4, -0.2) is 36.3 Å². The highest BCUT2D eigenvalue weighted by atomic mass is 32.2. The second-order valence-corrected chi connectivity index (χ2v) is 6.24. The van der Waals surface area contributed by atoms with Crippen LogP contribution in [0.5, 0.6) is 0 Å². The number of rotatable bonds is 6. The fourth-order valence-electron chi connectivity index (χ4n) is 2.04. The van der Waals surface area contributed by atoms with Gasteiger partial charge in [-0.2, -0.15) is 9.98 Å². The molecule has 8 heteroatoms. The van der Waals surface area contributed by atoms with E-state index >= 15 is 0 Å². The molecule has 3 N–H and O–H groups in total. The van der Waals surface area contributed by atoms with Gasteiger partial charge in [-0.25, -0.2) is 8.42 Å². The lowest BCUT2D eigenvalue weighted by molar-refractivity contribution is -0.138. The van der Waals surface area contributed by atoms with E-state index in [-0.39, 0.29) is 6.42 Å². The van der Waals surface area contributed by atoms with E-state index in [9.17, 15) is 13.2 Å². The minimum absolute atomic E-state index is 0.00992. The molecule has 0 unspecified atom stereocenters. The molecule has 0 fully saturated rings. The van der Waals surface area contributed by atoms with Crippen LogP contribution in [0.4, 0.5) is 0 Å². The number of carboxylic acid groups (broad SMARTS) is 1. The number of nitriles is 1. The van der Waals surface area contributed by atoms with Crippen LogP contribution >= 0.6 is 0 Å². The smallest absolute Gasteiger partial charge is 0.322 e. The molecule has 2 aromatic rings. The molecule has 0 aliphatic carbocycles. The lowest BCUT2D eigenvalue weighted by Gasteiger charge is -2.13. The summed E-state index contributed by atoms with van der Waals surface area (Å²) in [5.74, 6) is -2.06. The van der Waals surface area contributed by atoms with Crippen LogP contribution < -0.4 is 4.72 Å². The van der Waals surface area contributed by atoms with E-state index in [0.29, 0.717) is 5.56 Å². The SMILES string of the molecule is N#CCS(=O)(=O)N[C@H](Cc1c[nH]c2ccccc12)C(=O)O. The molecule has 0 amide bonds. The zero-order chi connectivity index (χ0) is 15.5. The molecule has 0 aliphatic heterocycles. The van der Waals surface area contributed by atoms with Gasteiger partial charge in [0.2, 0.25) is 10.0 Å². The van der Waals surface area contributed by atoms with Gasteiger partial charge in [0, 0.05) is 23.5 Å². The van der Waals surface area contributed by atoms with Crippen LogP contribution in [-0.2, 0) is 21.2 Å². The number of sulfonamides is 1. The summed E-state index contributed by atoms with van der Waals surface area (Å²) < 4.78 is 25.1. The predicted octanol–water partition coefficient (Wildman–Crippen LogP) is 0.607. The Kier molecular flexibility index (Phi) is 4.26. The monoisotopic (exact) mass is 307 g/mol. The maximum atomic E-state index is 11.5. The van der Waals surface area contributed by atoms with Crippen molar-refractivity contribution in [2.45, 2.75) is 12.5 Å². The predicted molar refractivity (Wildman–Crippen MR) is 76.0 cm³/mol. The van der Waals surface area contributed by atoms with Gasteiger partial charge in [-0.3, -0.25) is 4.79 Å². The molecule has 2 rings (SSSR count). The lowest BCUT2D eigenvalue weighted by atomic mass is 10.1. The third-order valence-corrected chi connectivity index (χ3v) is 4.13. The summed E-state index contributed by atoms with van der Waals surface area (Å²) in [5, 5.41) is 18.4. The van der Waals surface area contributed by atoms with Gasteiger partial charge in [0.25, 0.3) is 0 Å². The van der Waals surface area contributed by atoms with E-state index in [2.05, 4.69) is 4.98 Å². The lowest BCUT2D eigenvalue weighted by Crippen LogP contribution is -2.43. The fraction of sp³-hybridized carbons (Fsp3) is 0.231. The molecule has 1 aromatic carbocycles. The fourth-order valence-corrected chi connectivity index (χ4v) is 2.91. The van der Waals surface area contributed by atoms with Gasteiger partial charge in [0.1, 0.15) is 6.04 Å². The Morgan fingerprint density at radius 2 is 2.14 bits per heavy atom. The summed E-state index contributed by atoms with van der Waals surface area (Å²) in [6, 6.07) is 7.49. The van der Waals surface area contributed by atoms with E-state index in [4.69, 9.17) is 10.4 Å². The van der Waals surface area contributed by atoms with Gasteiger partial charge in [-0.15, -0.1) is 0 Å². The van der Waals surface area contributed by atoms with E-state index in [0.717, 1.165) is 10.9 Å². The zero-order valence-electron chi connectivity index (χ0n) is 10.9. The number of aliphatic carboxylic acids is 1. The summed E-state index contributed by atoms with van der Waals surface area (Å²) in [6.45, 7) is 0. The Balaban J connectivity index is 2.25. The Hall–Kier alpha value is -2.37. The number of fused-ring (bicyclic) bond motifs is 1. The molecule has 110 valence electrons. The van der Waals surface area contributed by atoms with Crippen molar-refractivity contribution in [2.24, 2.45) is 0 Å². The largest absolute Gasteiger partial charge is 0.480 e. The summed E-state index contributed by atoms with van der Waals surface area (Å²) in [5.41, 5.74) is 1.54. The molecule has 0 saturated carbocycles. The summed E-state index contributed by atoms with van der Waals surface area (Å²) in [7, 11) is -3.93.